The molecule has 0 spiro atoms. The van der Waals surface area contributed by atoms with Crippen LogP contribution < -0.4 is 15.0 Å². The zero-order chi connectivity index (χ0) is 23.9. The van der Waals surface area contributed by atoms with Crippen LogP contribution in [0.2, 0.25) is 0 Å². The number of hydrogen-bond donors (Lipinski definition) is 1. The highest BCUT2D eigenvalue weighted by Crippen LogP contribution is 2.31. The van der Waals surface area contributed by atoms with Crippen molar-refractivity contribution < 1.29 is 14.1 Å². The van der Waals surface area contributed by atoms with Crippen LogP contribution in [0.1, 0.15) is 76.6 Å². The quantitative estimate of drug-likeness (QED) is 0.547. The summed E-state index contributed by atoms with van der Waals surface area (Å²) in [4.78, 5) is 18.9. The molecule has 2 aromatic rings. The van der Waals surface area contributed by atoms with Gasteiger partial charge in [-0.15, -0.1) is 0 Å². The third kappa shape index (κ3) is 6.19. The second kappa shape index (κ2) is 11.5. The van der Waals surface area contributed by atoms with E-state index >= 15 is 0 Å². The summed E-state index contributed by atoms with van der Waals surface area (Å²) in [5.41, 5.74) is 2.56. The fourth-order valence-corrected chi connectivity index (χ4v) is 4.59. The molecule has 1 unspecified atom stereocenters. The first-order chi connectivity index (χ1) is 16.5. The van der Waals surface area contributed by atoms with Gasteiger partial charge in [0.25, 0.3) is 0 Å². The minimum atomic E-state index is 0.112. The Hall–Kier alpha value is -2.83. The Kier molecular flexibility index (Phi) is 8.25. The Balaban J connectivity index is 1.21. The van der Waals surface area contributed by atoms with Crippen molar-refractivity contribution >= 4 is 17.5 Å². The number of nitrogens with one attached hydrogen (secondary N) is 1. The number of benzene rings is 1. The van der Waals surface area contributed by atoms with Gasteiger partial charge in [-0.2, -0.15) is 4.98 Å². The Morgan fingerprint density at radius 2 is 1.97 bits per heavy atom. The van der Waals surface area contributed by atoms with Crippen LogP contribution in [0.4, 0.5) is 6.01 Å². The van der Waals surface area contributed by atoms with Crippen molar-refractivity contribution in [3.8, 4) is 5.75 Å². The molecule has 7 nitrogen and oxygen atoms in total. The molecule has 4 rings (SSSR count). The highest BCUT2D eigenvalue weighted by molar-refractivity contribution is 5.80. The molecule has 2 aliphatic rings. The monoisotopic (exact) mass is 466 g/mol. The molecule has 1 aliphatic carbocycles. The average molecular weight is 467 g/mol. The van der Waals surface area contributed by atoms with Gasteiger partial charge in [0, 0.05) is 31.5 Å². The van der Waals surface area contributed by atoms with E-state index < -0.39 is 0 Å². The van der Waals surface area contributed by atoms with E-state index in [0.29, 0.717) is 11.9 Å². The SMILES string of the molecule is CCCNC(=O)C1CC=C(c2ccc(OCC3CCN(c4nc(C(C)C)no4)CC3)cc2)CC1. The van der Waals surface area contributed by atoms with Crippen molar-refractivity contribution in [1.82, 2.24) is 15.5 Å². The van der Waals surface area contributed by atoms with Crippen molar-refractivity contribution in [2.45, 2.75) is 65.2 Å². The summed E-state index contributed by atoms with van der Waals surface area (Å²) in [6.07, 6.45) is 8.00. The van der Waals surface area contributed by atoms with E-state index in [1.54, 1.807) is 0 Å². The number of amides is 1. The van der Waals surface area contributed by atoms with E-state index in [-0.39, 0.29) is 17.7 Å². The lowest BCUT2D eigenvalue weighted by atomic mass is 9.86. The van der Waals surface area contributed by atoms with Gasteiger partial charge in [-0.25, -0.2) is 0 Å². The Labute approximate surface area is 202 Å². The third-order valence-electron chi connectivity index (χ3n) is 6.87. The van der Waals surface area contributed by atoms with E-state index in [4.69, 9.17) is 9.26 Å². The second-order valence-corrected chi connectivity index (χ2v) is 9.85. The van der Waals surface area contributed by atoms with Gasteiger partial charge < -0.3 is 19.5 Å². The van der Waals surface area contributed by atoms with Crippen LogP contribution in [0.3, 0.4) is 0 Å². The Morgan fingerprint density at radius 3 is 2.59 bits per heavy atom. The summed E-state index contributed by atoms with van der Waals surface area (Å²) in [5.74, 6) is 2.80. The van der Waals surface area contributed by atoms with Crippen LogP contribution in [0.25, 0.3) is 5.57 Å². The molecule has 0 saturated carbocycles. The molecule has 1 saturated heterocycles. The topological polar surface area (TPSA) is 80.5 Å². The molecule has 0 bridgehead atoms. The molecule has 0 radical (unpaired) electrons. The minimum absolute atomic E-state index is 0.112. The molecular weight excluding hydrogens is 428 g/mol. The van der Waals surface area contributed by atoms with Gasteiger partial charge in [0.05, 0.1) is 6.61 Å². The van der Waals surface area contributed by atoms with E-state index in [1.165, 1.54) is 11.1 Å². The van der Waals surface area contributed by atoms with Crippen molar-refractivity contribution in [2.24, 2.45) is 11.8 Å². The zero-order valence-electron chi connectivity index (χ0n) is 20.8. The van der Waals surface area contributed by atoms with Gasteiger partial charge in [0.2, 0.25) is 5.91 Å². The summed E-state index contributed by atoms with van der Waals surface area (Å²) >= 11 is 0. The van der Waals surface area contributed by atoms with E-state index in [9.17, 15) is 4.79 Å². The number of ether oxygens (including phenoxy) is 1. The van der Waals surface area contributed by atoms with E-state index in [1.807, 2.05) is 0 Å². The fraction of sp³-hybridized carbons (Fsp3) is 0.593. The molecule has 184 valence electrons. The number of piperidine rings is 1. The maximum atomic E-state index is 12.2. The molecule has 1 aromatic heterocycles. The number of nitrogens with zero attached hydrogens (tertiary/aromatic N) is 3. The fourth-order valence-electron chi connectivity index (χ4n) is 4.59. The number of carbonyl (C=O) groups excluding carboxylic acids is 1. The highest BCUT2D eigenvalue weighted by atomic mass is 16.5. The largest absolute Gasteiger partial charge is 0.493 e. The standard InChI is InChI=1S/C27H38N4O3/c1-4-15-28-26(32)23-7-5-21(6-8-23)22-9-11-24(12-10-22)33-18-20-13-16-31(17-14-20)27-29-25(19(2)3)30-34-27/h5,9-12,19-20,23H,4,6-8,13-18H2,1-3H3,(H,28,32). The molecule has 1 amide bonds. The van der Waals surface area contributed by atoms with Crippen LogP contribution in [0.5, 0.6) is 5.75 Å². The molecule has 1 aliphatic heterocycles. The van der Waals surface area contributed by atoms with Crippen LogP contribution in [0.15, 0.2) is 34.9 Å². The van der Waals surface area contributed by atoms with Gasteiger partial charge in [0.1, 0.15) is 5.75 Å². The predicted octanol–water partition coefficient (Wildman–Crippen LogP) is 5.20. The Morgan fingerprint density at radius 1 is 1.21 bits per heavy atom. The first kappa shape index (κ1) is 24.3. The summed E-state index contributed by atoms with van der Waals surface area (Å²) in [6.45, 7) is 9.55. The predicted molar refractivity (Wildman–Crippen MR) is 134 cm³/mol. The number of hydrogen-bond acceptors (Lipinski definition) is 6. The van der Waals surface area contributed by atoms with E-state index in [0.717, 1.165) is 76.3 Å². The molecule has 1 fully saturated rings. The first-order valence-corrected chi connectivity index (χ1v) is 12.8. The number of allylic oxidation sites excluding steroid dienone is 2. The lowest BCUT2D eigenvalue weighted by Crippen LogP contribution is -2.35. The Bertz CT molecular complexity index is 959. The first-order valence-electron chi connectivity index (χ1n) is 12.8. The van der Waals surface area contributed by atoms with Gasteiger partial charge in [-0.3, -0.25) is 4.79 Å². The van der Waals surface area contributed by atoms with Crippen molar-refractivity contribution in [2.75, 3.05) is 31.1 Å². The molecule has 1 aromatic carbocycles. The molecule has 1 N–H and O–H groups in total. The van der Waals surface area contributed by atoms with Crippen molar-refractivity contribution in [3.63, 3.8) is 0 Å². The number of rotatable bonds is 9. The number of carbonyl (C=O) groups is 1. The summed E-state index contributed by atoms with van der Waals surface area (Å²) < 4.78 is 11.5. The van der Waals surface area contributed by atoms with Crippen LogP contribution in [-0.4, -0.2) is 42.3 Å². The van der Waals surface area contributed by atoms with Crippen LogP contribution in [0, 0.1) is 11.8 Å². The van der Waals surface area contributed by atoms with Crippen molar-refractivity contribution in [1.29, 1.82) is 0 Å². The number of aromatic nitrogens is 2. The summed E-state index contributed by atoms with van der Waals surface area (Å²) in [6, 6.07) is 9.06. The third-order valence-corrected chi connectivity index (χ3v) is 6.87. The van der Waals surface area contributed by atoms with E-state index in [2.05, 4.69) is 71.5 Å². The smallest absolute Gasteiger partial charge is 0.324 e. The molecule has 2 heterocycles. The lowest BCUT2D eigenvalue weighted by molar-refractivity contribution is -0.125. The maximum Gasteiger partial charge on any atom is 0.324 e. The maximum absolute atomic E-state index is 12.2. The lowest BCUT2D eigenvalue weighted by Gasteiger charge is -2.30. The van der Waals surface area contributed by atoms with Crippen LogP contribution in [-0.2, 0) is 4.79 Å². The molecule has 7 heteroatoms. The normalized spacial score (nSPS) is 19.2. The van der Waals surface area contributed by atoms with Gasteiger partial charge in [0.15, 0.2) is 5.82 Å². The van der Waals surface area contributed by atoms with Gasteiger partial charge >= 0.3 is 6.01 Å². The van der Waals surface area contributed by atoms with Gasteiger partial charge in [-0.05, 0) is 67.7 Å². The number of anilines is 1. The molecule has 1 atom stereocenters. The summed E-state index contributed by atoms with van der Waals surface area (Å²) in [7, 11) is 0. The van der Waals surface area contributed by atoms with Crippen LogP contribution >= 0.6 is 0 Å². The van der Waals surface area contributed by atoms with Crippen molar-refractivity contribution in [3.05, 3.63) is 41.7 Å². The average Bonchev–Trinajstić information content (AvgIpc) is 3.38. The minimum Gasteiger partial charge on any atom is -0.493 e. The van der Waals surface area contributed by atoms with Gasteiger partial charge in [-0.1, -0.05) is 44.1 Å². The zero-order valence-corrected chi connectivity index (χ0v) is 20.8. The molecule has 34 heavy (non-hydrogen) atoms. The molecular formula is C27H38N4O3. The second-order valence-electron chi connectivity index (χ2n) is 9.85. The highest BCUT2D eigenvalue weighted by Gasteiger charge is 2.24. The summed E-state index contributed by atoms with van der Waals surface area (Å²) in [5, 5.41) is 7.10.